The van der Waals surface area contributed by atoms with Crippen LogP contribution in [0.5, 0.6) is 0 Å². The highest BCUT2D eigenvalue weighted by atomic mass is 32.2. The first-order valence-corrected chi connectivity index (χ1v) is 16.6. The van der Waals surface area contributed by atoms with Crippen LogP contribution < -0.4 is 10.6 Å². The lowest BCUT2D eigenvalue weighted by Gasteiger charge is -2.17. The van der Waals surface area contributed by atoms with E-state index in [0.29, 0.717) is 29.8 Å². The Morgan fingerprint density at radius 1 is 1.05 bits per heavy atom. The SMILES string of the molecule is C=C(CNC(=O)C(c1nc2ccc(-c3ccc4c(c3)CN(C3CC3)C4=O)cc2s1)S(=O)(=O)c1ccc(F)cc1)NC1CC1. The number of sulfone groups is 1. The van der Waals surface area contributed by atoms with Crippen molar-refractivity contribution >= 4 is 43.2 Å². The first kappa shape index (κ1) is 27.7. The van der Waals surface area contributed by atoms with Gasteiger partial charge in [-0.2, -0.15) is 0 Å². The van der Waals surface area contributed by atoms with Crippen molar-refractivity contribution in [3.8, 4) is 11.1 Å². The van der Waals surface area contributed by atoms with Crippen LogP contribution in [0, 0.1) is 5.82 Å². The van der Waals surface area contributed by atoms with Crippen molar-refractivity contribution in [2.75, 3.05) is 6.54 Å². The molecule has 7 rings (SSSR count). The second-order valence-electron chi connectivity index (χ2n) is 11.4. The van der Waals surface area contributed by atoms with Gasteiger partial charge in [-0.1, -0.05) is 18.7 Å². The predicted octanol–water partition coefficient (Wildman–Crippen LogP) is 5.12. The number of hydrogen-bond acceptors (Lipinski definition) is 7. The van der Waals surface area contributed by atoms with E-state index in [2.05, 4.69) is 22.2 Å². The molecule has 43 heavy (non-hydrogen) atoms. The van der Waals surface area contributed by atoms with E-state index >= 15 is 0 Å². The number of amides is 2. The summed E-state index contributed by atoms with van der Waals surface area (Å²) in [5.74, 6) is -1.22. The summed E-state index contributed by atoms with van der Waals surface area (Å²) < 4.78 is 42.0. The predicted molar refractivity (Wildman–Crippen MR) is 163 cm³/mol. The third kappa shape index (κ3) is 5.43. The number of nitrogens with zero attached hydrogens (tertiary/aromatic N) is 2. The Labute approximate surface area is 252 Å². The normalized spacial score (nSPS) is 17.1. The van der Waals surface area contributed by atoms with Crippen molar-refractivity contribution in [3.05, 3.63) is 94.9 Å². The monoisotopic (exact) mass is 616 g/mol. The molecule has 0 bridgehead atoms. The van der Waals surface area contributed by atoms with Crippen LogP contribution in [-0.2, 0) is 21.2 Å². The topological polar surface area (TPSA) is 108 Å². The van der Waals surface area contributed by atoms with Crippen molar-refractivity contribution in [1.29, 1.82) is 0 Å². The van der Waals surface area contributed by atoms with E-state index in [0.717, 1.165) is 88.2 Å². The van der Waals surface area contributed by atoms with E-state index in [1.165, 1.54) is 0 Å². The number of halogens is 1. The minimum Gasteiger partial charge on any atom is -0.385 e. The fourth-order valence-electron chi connectivity index (χ4n) is 5.44. The first-order valence-electron chi connectivity index (χ1n) is 14.2. The highest BCUT2D eigenvalue weighted by molar-refractivity contribution is 7.92. The Balaban J connectivity index is 1.20. The van der Waals surface area contributed by atoms with Gasteiger partial charge in [0, 0.05) is 29.9 Å². The number of nitrogens with one attached hydrogen (secondary N) is 2. The van der Waals surface area contributed by atoms with E-state index < -0.39 is 26.8 Å². The molecule has 2 fully saturated rings. The maximum absolute atomic E-state index is 13.8. The van der Waals surface area contributed by atoms with Crippen molar-refractivity contribution in [3.63, 3.8) is 0 Å². The summed E-state index contributed by atoms with van der Waals surface area (Å²) in [4.78, 5) is 32.6. The average Bonchev–Trinajstić information content (AvgIpc) is 3.92. The van der Waals surface area contributed by atoms with Crippen molar-refractivity contribution < 1.29 is 22.4 Å². The van der Waals surface area contributed by atoms with Crippen LogP contribution in [0.2, 0.25) is 0 Å². The van der Waals surface area contributed by atoms with Gasteiger partial charge >= 0.3 is 0 Å². The lowest BCUT2D eigenvalue weighted by atomic mass is 10.0. The largest absolute Gasteiger partial charge is 0.385 e. The number of carbonyl (C=O) groups excluding carboxylic acids is 2. The molecule has 220 valence electrons. The number of carbonyl (C=O) groups is 2. The molecular formula is C32H29FN4O4S2. The van der Waals surface area contributed by atoms with E-state index in [4.69, 9.17) is 0 Å². The Morgan fingerprint density at radius 2 is 1.77 bits per heavy atom. The molecule has 2 aliphatic carbocycles. The Bertz CT molecular complexity index is 1900. The molecular weight excluding hydrogens is 588 g/mol. The zero-order valence-electron chi connectivity index (χ0n) is 23.2. The summed E-state index contributed by atoms with van der Waals surface area (Å²) in [6.07, 6.45) is 4.17. The zero-order chi connectivity index (χ0) is 29.9. The van der Waals surface area contributed by atoms with Crippen molar-refractivity contribution in [2.24, 2.45) is 0 Å². The van der Waals surface area contributed by atoms with Gasteiger partial charge in [-0.05, 0) is 90.9 Å². The number of thiazole rings is 1. The van der Waals surface area contributed by atoms with E-state index in [1.54, 1.807) is 6.07 Å². The molecule has 1 aromatic heterocycles. The van der Waals surface area contributed by atoms with Crippen LogP contribution in [0.25, 0.3) is 21.3 Å². The zero-order valence-corrected chi connectivity index (χ0v) is 24.8. The van der Waals surface area contributed by atoms with Crippen LogP contribution in [0.1, 0.15) is 51.9 Å². The Hall–Kier alpha value is -4.09. The lowest BCUT2D eigenvalue weighted by molar-refractivity contribution is -0.120. The van der Waals surface area contributed by atoms with E-state index in [-0.39, 0.29) is 22.4 Å². The number of benzene rings is 3. The summed E-state index contributed by atoms with van der Waals surface area (Å²) in [6, 6.07) is 16.6. The first-order chi connectivity index (χ1) is 20.7. The van der Waals surface area contributed by atoms with Gasteiger partial charge in [-0.3, -0.25) is 9.59 Å². The number of rotatable bonds is 10. The van der Waals surface area contributed by atoms with Crippen LogP contribution >= 0.6 is 11.3 Å². The summed E-state index contributed by atoms with van der Waals surface area (Å²) in [5, 5.41) is 4.40. The third-order valence-corrected chi connectivity index (χ3v) is 11.3. The van der Waals surface area contributed by atoms with Crippen molar-refractivity contribution in [1.82, 2.24) is 20.5 Å². The Morgan fingerprint density at radius 3 is 2.49 bits per heavy atom. The number of aromatic nitrogens is 1. The standard InChI is InChI=1S/C32H29FN4O4S2/c1-18(35-23-6-7-23)16-34-30(38)29(43(40,41)25-10-4-22(33)5-11-25)31-36-27-13-3-20(15-28(27)42-31)19-2-12-26-21(14-19)17-37(32(26)39)24-8-9-24/h2-5,10-15,23-24,29,35H,1,6-9,16-17H2,(H,34,38). The molecule has 0 saturated heterocycles. The smallest absolute Gasteiger partial charge is 0.254 e. The molecule has 1 atom stereocenters. The Kier molecular flexibility index (Phi) is 6.81. The van der Waals surface area contributed by atoms with Gasteiger partial charge in [0.05, 0.1) is 21.7 Å². The maximum Gasteiger partial charge on any atom is 0.254 e. The molecule has 4 aromatic rings. The van der Waals surface area contributed by atoms with Crippen LogP contribution in [-0.4, -0.2) is 48.7 Å². The highest BCUT2D eigenvalue weighted by Crippen LogP contribution is 2.39. The molecule has 2 N–H and O–H groups in total. The highest BCUT2D eigenvalue weighted by Gasteiger charge is 2.39. The third-order valence-electron chi connectivity index (χ3n) is 8.04. The van der Waals surface area contributed by atoms with E-state index in [1.807, 2.05) is 35.2 Å². The molecule has 8 nitrogen and oxygen atoms in total. The van der Waals surface area contributed by atoms with Crippen LogP contribution in [0.15, 0.2) is 77.8 Å². The molecule has 0 radical (unpaired) electrons. The molecule has 2 saturated carbocycles. The van der Waals surface area contributed by atoms with Crippen molar-refractivity contribution in [2.45, 2.75) is 54.5 Å². The lowest BCUT2D eigenvalue weighted by Crippen LogP contribution is -2.37. The molecule has 1 aliphatic heterocycles. The quantitative estimate of drug-likeness (QED) is 0.240. The maximum atomic E-state index is 13.8. The minimum atomic E-state index is -4.28. The van der Waals surface area contributed by atoms with Crippen LogP contribution in [0.3, 0.4) is 0 Å². The van der Waals surface area contributed by atoms with Gasteiger partial charge in [-0.25, -0.2) is 17.8 Å². The van der Waals surface area contributed by atoms with E-state index in [9.17, 15) is 22.4 Å². The summed E-state index contributed by atoms with van der Waals surface area (Å²) in [7, 11) is -4.28. The molecule has 3 aromatic carbocycles. The van der Waals surface area contributed by atoms with Gasteiger partial charge < -0.3 is 15.5 Å². The second-order valence-corrected chi connectivity index (χ2v) is 14.5. The molecule has 3 aliphatic rings. The second kappa shape index (κ2) is 10.6. The molecule has 1 unspecified atom stereocenters. The average molecular weight is 617 g/mol. The van der Waals surface area contributed by atoms with Gasteiger partial charge in [0.15, 0.2) is 15.1 Å². The summed E-state index contributed by atoms with van der Waals surface area (Å²) in [6.45, 7) is 4.61. The fraction of sp³-hybridized carbons (Fsp3) is 0.281. The minimum absolute atomic E-state index is 0.0683. The molecule has 0 spiro atoms. The van der Waals surface area contributed by atoms with Gasteiger partial charge in [0.1, 0.15) is 10.8 Å². The molecule has 2 heterocycles. The molecule has 11 heteroatoms. The van der Waals surface area contributed by atoms with Crippen LogP contribution in [0.4, 0.5) is 4.39 Å². The van der Waals surface area contributed by atoms with Gasteiger partial charge in [0.25, 0.3) is 5.91 Å². The summed E-state index contributed by atoms with van der Waals surface area (Å²) >= 11 is 1.13. The van der Waals surface area contributed by atoms with Gasteiger partial charge in [0.2, 0.25) is 5.91 Å². The number of hydrogen-bond donors (Lipinski definition) is 2. The fourth-order valence-corrected chi connectivity index (χ4v) is 8.42. The summed E-state index contributed by atoms with van der Waals surface area (Å²) in [5.41, 5.74) is 4.74. The molecule has 2 amide bonds. The number of fused-ring (bicyclic) bond motifs is 2. The van der Waals surface area contributed by atoms with Gasteiger partial charge in [-0.15, -0.1) is 11.3 Å².